The third kappa shape index (κ3) is 7.15. The van der Waals surface area contributed by atoms with Gasteiger partial charge in [-0.25, -0.2) is 4.99 Å². The van der Waals surface area contributed by atoms with Crippen LogP contribution in [0.15, 0.2) is 57.6 Å². The smallest absolute Gasteiger partial charge is 0.225 e. The first kappa shape index (κ1) is 25.5. The van der Waals surface area contributed by atoms with Crippen molar-refractivity contribution < 1.29 is 4.84 Å². The minimum absolute atomic E-state index is 0.399. The molecule has 2 aromatic carbocycles. The van der Waals surface area contributed by atoms with Gasteiger partial charge in [-0.2, -0.15) is 0 Å². The predicted octanol–water partition coefficient (Wildman–Crippen LogP) is 8.65. The summed E-state index contributed by atoms with van der Waals surface area (Å²) < 4.78 is 0. The van der Waals surface area contributed by atoms with Gasteiger partial charge in [-0.1, -0.05) is 82.6 Å². The fourth-order valence-electron chi connectivity index (χ4n) is 3.35. The van der Waals surface area contributed by atoms with Crippen LogP contribution in [0, 0.1) is 6.92 Å². The molecule has 32 heavy (non-hydrogen) atoms. The van der Waals surface area contributed by atoms with Crippen molar-refractivity contribution in [3.05, 3.63) is 59.2 Å². The van der Waals surface area contributed by atoms with E-state index in [1.54, 1.807) is 0 Å². The summed E-state index contributed by atoms with van der Waals surface area (Å²) in [7, 11) is 0. The molecule has 4 heteroatoms. The van der Waals surface area contributed by atoms with Crippen LogP contribution in [-0.4, -0.2) is 17.3 Å². The number of para-hydroxylation sites is 2. The van der Waals surface area contributed by atoms with E-state index in [-0.39, 0.29) is 0 Å². The Bertz CT molecular complexity index is 958. The second-order valence-electron chi connectivity index (χ2n) is 8.96. The number of aryl methyl sites for hydroxylation is 1. The maximum absolute atomic E-state index is 5.84. The Morgan fingerprint density at radius 3 is 2.03 bits per heavy atom. The van der Waals surface area contributed by atoms with Gasteiger partial charge in [0.2, 0.25) is 5.90 Å². The lowest BCUT2D eigenvalue weighted by Crippen LogP contribution is -2.10. The molecule has 0 N–H and O–H groups in total. The van der Waals surface area contributed by atoms with Crippen molar-refractivity contribution in [1.82, 2.24) is 0 Å². The van der Waals surface area contributed by atoms with E-state index in [4.69, 9.17) is 14.8 Å². The summed E-state index contributed by atoms with van der Waals surface area (Å²) in [6.45, 7) is 17.0. The molecule has 0 heterocycles. The highest BCUT2D eigenvalue weighted by molar-refractivity contribution is 6.41. The summed E-state index contributed by atoms with van der Waals surface area (Å²) in [5, 5.41) is 4.40. The van der Waals surface area contributed by atoms with Gasteiger partial charge in [0.05, 0.1) is 22.8 Å². The van der Waals surface area contributed by atoms with Crippen LogP contribution in [0.5, 0.6) is 0 Å². The highest BCUT2D eigenvalue weighted by Gasteiger charge is 2.14. The van der Waals surface area contributed by atoms with Gasteiger partial charge >= 0.3 is 0 Å². The van der Waals surface area contributed by atoms with E-state index in [0.29, 0.717) is 17.7 Å². The minimum Gasteiger partial charge on any atom is -0.341 e. The Labute approximate surface area is 194 Å². The van der Waals surface area contributed by atoms with Gasteiger partial charge in [0.1, 0.15) is 0 Å². The molecule has 0 bridgehead atoms. The summed E-state index contributed by atoms with van der Waals surface area (Å²) in [6.07, 6.45) is 2.83. The van der Waals surface area contributed by atoms with Gasteiger partial charge < -0.3 is 4.84 Å². The van der Waals surface area contributed by atoms with E-state index in [2.05, 4.69) is 71.0 Å². The van der Waals surface area contributed by atoms with Crippen molar-refractivity contribution in [2.75, 3.05) is 0 Å². The summed E-state index contributed by atoms with van der Waals surface area (Å²) in [5.41, 5.74) is 7.23. The number of aliphatic imine (C=N–C) groups is 2. The van der Waals surface area contributed by atoms with Gasteiger partial charge in [0.25, 0.3) is 0 Å². The largest absolute Gasteiger partial charge is 0.341 e. The van der Waals surface area contributed by atoms with Crippen LogP contribution in [0.4, 0.5) is 11.4 Å². The molecule has 0 radical (unpaired) electrons. The molecule has 2 aromatic rings. The number of unbranched alkanes of at least 4 members (excludes halogenated alkanes) is 1. The predicted molar refractivity (Wildman–Crippen MR) is 139 cm³/mol. The Balaban J connectivity index is 2.35. The molecule has 0 spiro atoms. The Morgan fingerprint density at radius 1 is 0.844 bits per heavy atom. The lowest BCUT2D eigenvalue weighted by molar-refractivity contribution is 0.317. The molecule has 0 aliphatic heterocycles. The fourth-order valence-corrected chi connectivity index (χ4v) is 3.35. The van der Waals surface area contributed by atoms with Gasteiger partial charge in [-0.3, -0.25) is 4.99 Å². The van der Waals surface area contributed by atoms with E-state index in [9.17, 15) is 0 Å². The topological polar surface area (TPSA) is 46.3 Å². The van der Waals surface area contributed by atoms with E-state index in [0.717, 1.165) is 47.6 Å². The van der Waals surface area contributed by atoms with Crippen molar-refractivity contribution >= 4 is 28.7 Å². The lowest BCUT2D eigenvalue weighted by Gasteiger charge is -2.17. The quantitative estimate of drug-likeness (QED) is 0.222. The van der Waals surface area contributed by atoms with Crippen LogP contribution >= 0.6 is 0 Å². The number of hydrogen-bond donors (Lipinski definition) is 0. The molecule has 0 aliphatic carbocycles. The molecule has 0 unspecified atom stereocenters. The third-order valence-electron chi connectivity index (χ3n) is 5.54. The second-order valence-corrected chi connectivity index (χ2v) is 8.96. The average molecular weight is 434 g/mol. The molecule has 0 saturated carbocycles. The van der Waals surface area contributed by atoms with Crippen molar-refractivity contribution in [3.63, 3.8) is 0 Å². The van der Waals surface area contributed by atoms with Crippen molar-refractivity contribution in [2.24, 2.45) is 15.1 Å². The molecule has 0 atom stereocenters. The van der Waals surface area contributed by atoms with Gasteiger partial charge in [0.15, 0.2) is 0 Å². The first-order valence-electron chi connectivity index (χ1n) is 11.8. The minimum atomic E-state index is 0.399. The van der Waals surface area contributed by atoms with Crippen LogP contribution in [0.2, 0.25) is 0 Å². The molecule has 172 valence electrons. The summed E-state index contributed by atoms with van der Waals surface area (Å²) in [4.78, 5) is 15.6. The number of benzene rings is 2. The van der Waals surface area contributed by atoms with E-state index in [1.165, 1.54) is 11.1 Å². The van der Waals surface area contributed by atoms with E-state index >= 15 is 0 Å². The highest BCUT2D eigenvalue weighted by atomic mass is 16.6. The Morgan fingerprint density at radius 2 is 1.47 bits per heavy atom. The van der Waals surface area contributed by atoms with Crippen LogP contribution in [-0.2, 0) is 4.84 Å². The first-order valence-corrected chi connectivity index (χ1v) is 11.8. The van der Waals surface area contributed by atoms with Crippen LogP contribution in [0.3, 0.4) is 0 Å². The molecule has 0 saturated heterocycles. The first-order chi connectivity index (χ1) is 15.2. The molecule has 0 aliphatic rings. The molecule has 0 fully saturated rings. The lowest BCUT2D eigenvalue weighted by atomic mass is 9.93. The molecular formula is C28H39N3O. The number of nitrogens with zero attached hydrogens (tertiary/aromatic N) is 3. The third-order valence-corrected chi connectivity index (χ3v) is 5.54. The Hall–Kier alpha value is -2.75. The molecule has 4 nitrogen and oxygen atoms in total. The number of rotatable bonds is 9. The molecule has 0 aromatic heterocycles. The SMILES string of the molecule is CCCCC(=Nc1ccccc1C)O/N=C(\C)C(C)=Nc1c(C(C)C)cccc1C(C)C. The zero-order valence-corrected chi connectivity index (χ0v) is 21.1. The maximum atomic E-state index is 5.84. The molecule has 2 rings (SSSR count). The van der Waals surface area contributed by atoms with Gasteiger partial charge in [-0.15, -0.1) is 0 Å². The summed E-state index contributed by atoms with van der Waals surface area (Å²) in [5.74, 6) is 1.44. The number of hydrogen-bond acceptors (Lipinski definition) is 4. The summed E-state index contributed by atoms with van der Waals surface area (Å²) >= 11 is 0. The normalized spacial score (nSPS) is 13.2. The highest BCUT2D eigenvalue weighted by Crippen LogP contribution is 2.34. The standard InChI is InChI=1S/C28H39N3O/c1-9-10-18-27(30-26-17-12-11-14-21(26)6)32-31-23(8)22(7)29-28-24(19(2)3)15-13-16-25(28)20(4)5/h11-17,19-20H,9-10,18H2,1-8H3/b29-22?,30-27?,31-23+. The van der Waals surface area contributed by atoms with Crippen molar-refractivity contribution in [3.8, 4) is 0 Å². The molecule has 0 amide bonds. The van der Waals surface area contributed by atoms with Gasteiger partial charge in [-0.05, 0) is 61.8 Å². The van der Waals surface area contributed by atoms with Crippen LogP contribution in [0.25, 0.3) is 0 Å². The average Bonchev–Trinajstić information content (AvgIpc) is 2.76. The maximum Gasteiger partial charge on any atom is 0.225 e. The molecular weight excluding hydrogens is 394 g/mol. The van der Waals surface area contributed by atoms with Crippen LogP contribution < -0.4 is 0 Å². The Kier molecular flexibility index (Phi) is 9.83. The van der Waals surface area contributed by atoms with Crippen molar-refractivity contribution in [1.29, 1.82) is 0 Å². The van der Waals surface area contributed by atoms with Crippen LogP contribution in [0.1, 0.15) is 96.3 Å². The van der Waals surface area contributed by atoms with E-state index in [1.807, 2.05) is 32.0 Å². The zero-order chi connectivity index (χ0) is 23.7. The monoisotopic (exact) mass is 433 g/mol. The van der Waals surface area contributed by atoms with Gasteiger partial charge in [0, 0.05) is 6.42 Å². The number of oxime groups is 1. The fraction of sp³-hybridized carbons (Fsp3) is 0.464. The van der Waals surface area contributed by atoms with Crippen molar-refractivity contribution in [2.45, 2.75) is 86.5 Å². The second kappa shape index (κ2) is 12.3. The summed E-state index contributed by atoms with van der Waals surface area (Å²) in [6, 6.07) is 14.5. The van der Waals surface area contributed by atoms with E-state index < -0.39 is 0 Å². The zero-order valence-electron chi connectivity index (χ0n) is 21.1.